The third-order valence-electron chi connectivity index (χ3n) is 4.97. The molecular formula is C22H28FN3O3. The molecule has 156 valence electrons. The van der Waals surface area contributed by atoms with Crippen LogP contribution in [0.15, 0.2) is 48.5 Å². The first-order chi connectivity index (χ1) is 14.0. The van der Waals surface area contributed by atoms with Gasteiger partial charge in [-0.05, 0) is 29.8 Å². The van der Waals surface area contributed by atoms with Crippen molar-refractivity contribution in [3.8, 4) is 5.75 Å². The number of rotatable bonds is 8. The summed E-state index contributed by atoms with van der Waals surface area (Å²) in [5.41, 5.74) is 2.25. The van der Waals surface area contributed by atoms with Gasteiger partial charge in [0.1, 0.15) is 0 Å². The second-order valence-corrected chi connectivity index (χ2v) is 7.17. The second-order valence-electron chi connectivity index (χ2n) is 7.17. The first-order valence-corrected chi connectivity index (χ1v) is 9.77. The van der Waals surface area contributed by atoms with Gasteiger partial charge in [0.05, 0.1) is 19.3 Å². The Bertz CT molecular complexity index is 792. The highest BCUT2D eigenvalue weighted by Crippen LogP contribution is 2.24. The fourth-order valence-electron chi connectivity index (χ4n) is 3.31. The van der Waals surface area contributed by atoms with Gasteiger partial charge in [0.2, 0.25) is 0 Å². The summed E-state index contributed by atoms with van der Waals surface area (Å²) in [7, 11) is 4.01. The maximum absolute atomic E-state index is 13.6. The highest BCUT2D eigenvalue weighted by Gasteiger charge is 2.23. The van der Waals surface area contributed by atoms with E-state index in [9.17, 15) is 9.18 Å². The number of nitrogens with one attached hydrogen (secondary N) is 1. The van der Waals surface area contributed by atoms with Gasteiger partial charge in [-0.25, -0.2) is 4.39 Å². The maximum atomic E-state index is 13.6. The fourth-order valence-corrected chi connectivity index (χ4v) is 3.31. The Morgan fingerprint density at radius 3 is 2.52 bits per heavy atom. The van der Waals surface area contributed by atoms with Crippen molar-refractivity contribution in [3.63, 3.8) is 0 Å². The first kappa shape index (κ1) is 21.1. The number of ether oxygens (including phenoxy) is 2. The Morgan fingerprint density at radius 1 is 1.17 bits per heavy atom. The quantitative estimate of drug-likeness (QED) is 0.737. The lowest BCUT2D eigenvalue weighted by molar-refractivity contribution is -0.123. The van der Waals surface area contributed by atoms with Crippen molar-refractivity contribution in [2.75, 3.05) is 58.5 Å². The lowest BCUT2D eigenvalue weighted by Gasteiger charge is -2.35. The topological polar surface area (TPSA) is 54.0 Å². The summed E-state index contributed by atoms with van der Waals surface area (Å²) in [6, 6.07) is 14.4. The van der Waals surface area contributed by atoms with Crippen molar-refractivity contribution in [1.82, 2.24) is 10.2 Å². The minimum Gasteiger partial charge on any atom is -0.481 e. The predicted molar refractivity (Wildman–Crippen MR) is 111 cm³/mol. The van der Waals surface area contributed by atoms with E-state index in [2.05, 4.69) is 39.4 Å². The molecule has 7 heteroatoms. The number of amides is 1. The van der Waals surface area contributed by atoms with Crippen molar-refractivity contribution in [1.29, 1.82) is 0 Å². The van der Waals surface area contributed by atoms with Crippen LogP contribution < -0.4 is 15.0 Å². The number of hydrogen-bond donors (Lipinski definition) is 1. The minimum atomic E-state index is -0.479. The van der Waals surface area contributed by atoms with E-state index in [1.165, 1.54) is 12.1 Å². The molecule has 1 fully saturated rings. The molecule has 1 saturated heterocycles. The van der Waals surface area contributed by atoms with Crippen LogP contribution in [0.1, 0.15) is 11.6 Å². The normalized spacial score (nSPS) is 15.6. The third-order valence-corrected chi connectivity index (χ3v) is 4.97. The molecule has 0 spiro atoms. The number of nitrogens with zero attached hydrogens (tertiary/aromatic N) is 2. The summed E-state index contributed by atoms with van der Waals surface area (Å²) < 4.78 is 24.4. The van der Waals surface area contributed by atoms with Gasteiger partial charge < -0.3 is 19.7 Å². The van der Waals surface area contributed by atoms with Crippen LogP contribution in [0.5, 0.6) is 5.75 Å². The molecule has 1 aliphatic rings. The zero-order chi connectivity index (χ0) is 20.6. The number of hydrogen-bond acceptors (Lipinski definition) is 5. The molecule has 0 saturated carbocycles. The van der Waals surface area contributed by atoms with Crippen molar-refractivity contribution < 1.29 is 18.7 Å². The Labute approximate surface area is 171 Å². The Balaban J connectivity index is 1.62. The summed E-state index contributed by atoms with van der Waals surface area (Å²) in [4.78, 5) is 16.6. The third kappa shape index (κ3) is 5.92. The highest BCUT2D eigenvalue weighted by atomic mass is 19.1. The summed E-state index contributed by atoms with van der Waals surface area (Å²) in [6.07, 6.45) is 0. The van der Waals surface area contributed by atoms with Crippen molar-refractivity contribution in [3.05, 3.63) is 59.9 Å². The average molecular weight is 401 g/mol. The van der Waals surface area contributed by atoms with E-state index in [-0.39, 0.29) is 24.3 Å². The van der Waals surface area contributed by atoms with Crippen LogP contribution in [-0.2, 0) is 9.53 Å². The van der Waals surface area contributed by atoms with Crippen molar-refractivity contribution in [2.24, 2.45) is 0 Å². The molecule has 1 amide bonds. The zero-order valence-corrected chi connectivity index (χ0v) is 16.9. The number of carbonyl (C=O) groups excluding carboxylic acids is 1. The van der Waals surface area contributed by atoms with Crippen molar-refractivity contribution in [2.45, 2.75) is 6.04 Å². The Kier molecular flexibility index (Phi) is 7.43. The fraction of sp³-hybridized carbons (Fsp3) is 0.409. The molecule has 3 rings (SSSR count). The van der Waals surface area contributed by atoms with E-state index in [1.807, 2.05) is 14.1 Å². The monoisotopic (exact) mass is 401 g/mol. The molecule has 1 heterocycles. The number of anilines is 1. The predicted octanol–water partition coefficient (Wildman–Crippen LogP) is 2.46. The maximum Gasteiger partial charge on any atom is 0.258 e. The van der Waals surface area contributed by atoms with Crippen LogP contribution in [0.3, 0.4) is 0 Å². The lowest BCUT2D eigenvalue weighted by Crippen LogP contribution is -2.44. The van der Waals surface area contributed by atoms with E-state index in [4.69, 9.17) is 9.47 Å². The molecule has 0 radical (unpaired) electrons. The summed E-state index contributed by atoms with van der Waals surface area (Å²) in [6.45, 7) is 3.19. The number of carbonyl (C=O) groups is 1. The molecule has 1 aliphatic heterocycles. The van der Waals surface area contributed by atoms with Crippen LogP contribution in [0.25, 0.3) is 0 Å². The smallest absolute Gasteiger partial charge is 0.258 e. The first-order valence-electron chi connectivity index (χ1n) is 9.77. The van der Waals surface area contributed by atoms with Gasteiger partial charge in [-0.1, -0.05) is 24.3 Å². The Morgan fingerprint density at radius 2 is 1.86 bits per heavy atom. The molecule has 1 N–H and O–H groups in total. The average Bonchev–Trinajstić information content (AvgIpc) is 2.74. The highest BCUT2D eigenvalue weighted by molar-refractivity contribution is 5.77. The number of benzene rings is 2. The van der Waals surface area contributed by atoms with Gasteiger partial charge in [-0.15, -0.1) is 0 Å². The minimum absolute atomic E-state index is 0.0347. The number of para-hydroxylation sites is 1. The zero-order valence-electron chi connectivity index (χ0n) is 16.9. The van der Waals surface area contributed by atoms with E-state index in [1.54, 1.807) is 12.1 Å². The molecule has 2 aromatic carbocycles. The van der Waals surface area contributed by atoms with Gasteiger partial charge in [0.15, 0.2) is 18.2 Å². The van der Waals surface area contributed by atoms with Crippen LogP contribution >= 0.6 is 0 Å². The summed E-state index contributed by atoms with van der Waals surface area (Å²) >= 11 is 0. The molecule has 2 aromatic rings. The van der Waals surface area contributed by atoms with E-state index in [0.29, 0.717) is 19.8 Å². The van der Waals surface area contributed by atoms with Crippen LogP contribution in [0, 0.1) is 5.82 Å². The molecule has 0 bridgehead atoms. The summed E-state index contributed by atoms with van der Waals surface area (Å²) in [5.74, 6) is -0.685. The Hall–Kier alpha value is -2.64. The van der Waals surface area contributed by atoms with Gasteiger partial charge in [-0.2, -0.15) is 0 Å². The number of halogens is 1. The van der Waals surface area contributed by atoms with Gasteiger partial charge in [0, 0.05) is 39.4 Å². The van der Waals surface area contributed by atoms with Gasteiger partial charge >= 0.3 is 0 Å². The summed E-state index contributed by atoms with van der Waals surface area (Å²) in [5, 5.41) is 2.93. The SMILES string of the molecule is CN(C)c1ccc([C@H](CNC(=O)COc2ccccc2F)N2CCOCC2)cc1. The van der Waals surface area contributed by atoms with Crippen LogP contribution in [-0.4, -0.2) is 64.4 Å². The van der Waals surface area contributed by atoms with E-state index < -0.39 is 5.82 Å². The standard InChI is InChI=1S/C22H28FN3O3/c1-25(2)18-9-7-17(8-10-18)20(26-11-13-28-14-12-26)15-24-22(27)16-29-21-6-4-3-5-19(21)23/h3-10,20H,11-16H2,1-2H3,(H,24,27)/t20-/m0/s1. The molecule has 1 atom stereocenters. The van der Waals surface area contributed by atoms with E-state index >= 15 is 0 Å². The molecule has 6 nitrogen and oxygen atoms in total. The largest absolute Gasteiger partial charge is 0.481 e. The molecular weight excluding hydrogens is 373 g/mol. The van der Waals surface area contributed by atoms with Crippen LogP contribution in [0.4, 0.5) is 10.1 Å². The van der Waals surface area contributed by atoms with Crippen molar-refractivity contribution >= 4 is 11.6 Å². The second kappa shape index (κ2) is 10.2. The number of morpholine rings is 1. The molecule has 29 heavy (non-hydrogen) atoms. The molecule has 0 aliphatic carbocycles. The van der Waals surface area contributed by atoms with Gasteiger partial charge in [0.25, 0.3) is 5.91 Å². The lowest BCUT2D eigenvalue weighted by atomic mass is 10.0. The molecule has 0 aromatic heterocycles. The molecule has 0 unspecified atom stereocenters. The van der Waals surface area contributed by atoms with Gasteiger partial charge in [-0.3, -0.25) is 9.69 Å². The van der Waals surface area contributed by atoms with Crippen LogP contribution in [0.2, 0.25) is 0 Å². The van der Waals surface area contributed by atoms with E-state index in [0.717, 1.165) is 24.3 Å².